The molecule has 0 N–H and O–H groups in total. The molecule has 0 spiro atoms. The van der Waals surface area contributed by atoms with Crippen molar-refractivity contribution in [3.05, 3.63) is 88.1 Å². The van der Waals surface area contributed by atoms with Gasteiger partial charge in [-0.05, 0) is 77.1 Å². The molecule has 0 radical (unpaired) electrons. The van der Waals surface area contributed by atoms with E-state index < -0.39 is 23.5 Å². The topological polar surface area (TPSA) is 58.1 Å². The second-order valence-electron chi connectivity index (χ2n) is 12.6. The van der Waals surface area contributed by atoms with E-state index in [9.17, 15) is 31.1 Å². The van der Waals surface area contributed by atoms with Gasteiger partial charge < -0.3 is 24.2 Å². The predicted molar refractivity (Wildman–Crippen MR) is 176 cm³/mol. The Labute approximate surface area is 282 Å². The van der Waals surface area contributed by atoms with Crippen LogP contribution in [0.3, 0.4) is 0 Å². The standard InChI is InChI=1S/C36H40F6N4O3/c1-23(2)26-5-7-33(48-4)32(17-26)31-9-10-45(24(3)47)21-27(31)22-46(34-8-6-30(19-43-34)44-11-13-49-14-12-44)20-25-15-28(35(37,38)39)18-29(16-25)36(40,41)42/h5-8,15-19,23H,9-14,20-22H2,1-4H3. The number of ether oxygens (including phenoxy) is 2. The number of methoxy groups -OCH3 is 1. The Hall–Kier alpha value is -4.26. The van der Waals surface area contributed by atoms with Crippen LogP contribution in [0.5, 0.6) is 5.75 Å². The van der Waals surface area contributed by atoms with Gasteiger partial charge in [-0.3, -0.25) is 4.79 Å². The molecular formula is C36H40F6N4O3. The predicted octanol–water partition coefficient (Wildman–Crippen LogP) is 7.80. The Kier molecular flexibility index (Phi) is 10.8. The van der Waals surface area contributed by atoms with Crippen molar-refractivity contribution in [1.29, 1.82) is 0 Å². The van der Waals surface area contributed by atoms with Crippen LogP contribution >= 0.6 is 0 Å². The fourth-order valence-corrected chi connectivity index (χ4v) is 6.24. The number of morpholine rings is 1. The average Bonchev–Trinajstić information content (AvgIpc) is 3.07. The first-order valence-corrected chi connectivity index (χ1v) is 16.1. The van der Waals surface area contributed by atoms with E-state index >= 15 is 0 Å². The molecule has 3 aromatic rings. The second kappa shape index (κ2) is 14.7. The maximum absolute atomic E-state index is 13.8. The number of nitrogens with zero attached hydrogens (tertiary/aromatic N) is 4. The van der Waals surface area contributed by atoms with Crippen LogP contribution in [0.15, 0.2) is 60.3 Å². The molecule has 7 nitrogen and oxygen atoms in total. The highest BCUT2D eigenvalue weighted by Gasteiger charge is 2.37. The van der Waals surface area contributed by atoms with Crippen LogP contribution in [0.4, 0.5) is 37.8 Å². The van der Waals surface area contributed by atoms with Gasteiger partial charge in [0.05, 0.1) is 43.3 Å². The number of aromatic nitrogens is 1. The molecule has 0 aliphatic carbocycles. The summed E-state index contributed by atoms with van der Waals surface area (Å²) in [6.07, 6.45) is -7.85. The summed E-state index contributed by atoms with van der Waals surface area (Å²) in [5, 5.41) is 0. The summed E-state index contributed by atoms with van der Waals surface area (Å²) in [5.41, 5.74) is 1.46. The monoisotopic (exact) mass is 690 g/mol. The zero-order chi connectivity index (χ0) is 35.5. The van der Waals surface area contributed by atoms with Gasteiger partial charge in [0.2, 0.25) is 5.91 Å². The quantitative estimate of drug-likeness (QED) is 0.214. The molecule has 2 aliphatic heterocycles. The van der Waals surface area contributed by atoms with Crippen molar-refractivity contribution in [3.8, 4) is 5.75 Å². The molecule has 3 heterocycles. The summed E-state index contributed by atoms with van der Waals surface area (Å²) < 4.78 is 94.2. The Morgan fingerprint density at radius 2 is 1.61 bits per heavy atom. The number of rotatable bonds is 9. The zero-order valence-electron chi connectivity index (χ0n) is 27.9. The molecule has 0 saturated carbocycles. The second-order valence-corrected chi connectivity index (χ2v) is 12.6. The lowest BCUT2D eigenvalue weighted by Crippen LogP contribution is -2.39. The van der Waals surface area contributed by atoms with Crippen molar-refractivity contribution in [3.63, 3.8) is 0 Å². The van der Waals surface area contributed by atoms with Crippen LogP contribution < -0.4 is 14.5 Å². The van der Waals surface area contributed by atoms with Gasteiger partial charge in [-0.1, -0.05) is 19.9 Å². The summed E-state index contributed by atoms with van der Waals surface area (Å²) in [4.78, 5) is 22.7. The SMILES string of the molecule is COc1ccc(C(C)C)cc1C1=C(CN(Cc2cc(C(F)(F)F)cc(C(F)(F)F)c2)c2ccc(N3CCOCC3)cn2)CN(C(C)=O)CC1. The number of hydrogen-bond donors (Lipinski definition) is 0. The number of benzene rings is 2. The Morgan fingerprint density at radius 1 is 0.939 bits per heavy atom. The van der Waals surface area contributed by atoms with Gasteiger partial charge in [-0.25, -0.2) is 4.98 Å². The van der Waals surface area contributed by atoms with E-state index in [1.54, 1.807) is 29.2 Å². The molecule has 2 aliphatic rings. The molecule has 1 fully saturated rings. The van der Waals surface area contributed by atoms with Crippen LogP contribution in [0.1, 0.15) is 60.9 Å². The van der Waals surface area contributed by atoms with Gasteiger partial charge in [-0.2, -0.15) is 26.3 Å². The third-order valence-electron chi connectivity index (χ3n) is 8.94. The molecule has 1 aromatic heterocycles. The minimum atomic E-state index is -4.99. The summed E-state index contributed by atoms with van der Waals surface area (Å²) in [6.45, 7) is 8.45. The summed E-state index contributed by atoms with van der Waals surface area (Å²) in [5.74, 6) is 1.05. The fraction of sp³-hybridized carbons (Fsp3) is 0.444. The molecular weight excluding hydrogens is 650 g/mol. The molecule has 2 aromatic carbocycles. The van der Waals surface area contributed by atoms with Crippen LogP contribution in [0.2, 0.25) is 0 Å². The van der Waals surface area contributed by atoms with Gasteiger partial charge in [0.25, 0.3) is 0 Å². The third-order valence-corrected chi connectivity index (χ3v) is 8.94. The van der Waals surface area contributed by atoms with E-state index in [2.05, 4.69) is 23.7 Å². The van der Waals surface area contributed by atoms with Gasteiger partial charge in [0.1, 0.15) is 11.6 Å². The third kappa shape index (κ3) is 8.67. The molecule has 5 rings (SSSR count). The van der Waals surface area contributed by atoms with Gasteiger partial charge in [0.15, 0.2) is 0 Å². The van der Waals surface area contributed by atoms with Crippen LogP contribution in [0, 0.1) is 0 Å². The molecule has 0 bridgehead atoms. The Morgan fingerprint density at radius 3 is 2.16 bits per heavy atom. The number of carbonyl (C=O) groups is 1. The number of halogens is 6. The van der Waals surface area contributed by atoms with Crippen LogP contribution in [-0.2, 0) is 28.4 Å². The largest absolute Gasteiger partial charge is 0.496 e. The first kappa shape index (κ1) is 36.0. The summed E-state index contributed by atoms with van der Waals surface area (Å²) in [6, 6.07) is 11.1. The lowest BCUT2D eigenvalue weighted by Gasteiger charge is -2.35. The molecule has 13 heteroatoms. The molecule has 264 valence electrons. The van der Waals surface area contributed by atoms with E-state index in [0.717, 1.165) is 40.1 Å². The van der Waals surface area contributed by atoms with Crippen molar-refractivity contribution in [2.75, 3.05) is 62.8 Å². The summed E-state index contributed by atoms with van der Waals surface area (Å²) in [7, 11) is 1.57. The lowest BCUT2D eigenvalue weighted by molar-refractivity contribution is -0.143. The smallest absolute Gasteiger partial charge is 0.416 e. The van der Waals surface area contributed by atoms with Crippen LogP contribution in [0.25, 0.3) is 5.57 Å². The molecule has 0 atom stereocenters. The number of anilines is 2. The van der Waals surface area contributed by atoms with E-state index in [1.165, 1.54) is 6.92 Å². The van der Waals surface area contributed by atoms with E-state index in [1.807, 2.05) is 24.3 Å². The lowest BCUT2D eigenvalue weighted by atomic mass is 9.89. The van der Waals surface area contributed by atoms with Crippen molar-refractivity contribution in [1.82, 2.24) is 9.88 Å². The average molecular weight is 691 g/mol. The number of alkyl halides is 6. The highest BCUT2D eigenvalue weighted by Crippen LogP contribution is 2.39. The molecule has 49 heavy (non-hydrogen) atoms. The molecule has 1 amide bonds. The van der Waals surface area contributed by atoms with Crippen molar-refractivity contribution in [2.45, 2.75) is 52.0 Å². The van der Waals surface area contributed by atoms with Gasteiger partial charge in [0, 0.05) is 51.8 Å². The van der Waals surface area contributed by atoms with E-state index in [0.29, 0.717) is 50.8 Å². The molecule has 1 saturated heterocycles. The first-order chi connectivity index (χ1) is 23.1. The van der Waals surface area contributed by atoms with Gasteiger partial charge in [-0.15, -0.1) is 0 Å². The first-order valence-electron chi connectivity index (χ1n) is 16.1. The maximum atomic E-state index is 13.8. The fourth-order valence-electron chi connectivity index (χ4n) is 6.24. The number of carbonyl (C=O) groups excluding carboxylic acids is 1. The number of amides is 1. The number of pyridine rings is 1. The highest BCUT2D eigenvalue weighted by atomic mass is 19.4. The minimum Gasteiger partial charge on any atom is -0.496 e. The normalized spacial score (nSPS) is 16.0. The Bertz CT molecular complexity index is 1630. The van der Waals surface area contributed by atoms with E-state index in [4.69, 9.17) is 9.47 Å². The van der Waals surface area contributed by atoms with Crippen molar-refractivity contribution in [2.24, 2.45) is 0 Å². The molecule has 0 unspecified atom stereocenters. The highest BCUT2D eigenvalue weighted by molar-refractivity contribution is 5.80. The number of hydrogen-bond acceptors (Lipinski definition) is 6. The van der Waals surface area contributed by atoms with Gasteiger partial charge >= 0.3 is 12.4 Å². The zero-order valence-corrected chi connectivity index (χ0v) is 27.9. The van der Waals surface area contributed by atoms with E-state index in [-0.39, 0.29) is 43.1 Å². The van der Waals surface area contributed by atoms with Crippen LogP contribution in [-0.4, -0.2) is 68.8 Å². The Balaban J connectivity index is 1.63. The minimum absolute atomic E-state index is 0.0790. The maximum Gasteiger partial charge on any atom is 0.416 e. The summed E-state index contributed by atoms with van der Waals surface area (Å²) >= 11 is 0. The van der Waals surface area contributed by atoms with Crippen molar-refractivity contribution >= 4 is 23.0 Å². The van der Waals surface area contributed by atoms with Crippen molar-refractivity contribution < 1.29 is 40.6 Å².